The van der Waals surface area contributed by atoms with Gasteiger partial charge in [-0.15, -0.1) is 0 Å². The van der Waals surface area contributed by atoms with Crippen molar-refractivity contribution in [2.24, 2.45) is 0 Å². The summed E-state index contributed by atoms with van der Waals surface area (Å²) in [5.74, 6) is 0.155. The minimum atomic E-state index is -0.204. The summed E-state index contributed by atoms with van der Waals surface area (Å²) in [4.78, 5) is 28.3. The summed E-state index contributed by atoms with van der Waals surface area (Å²) < 4.78 is 11.6. The Morgan fingerprint density at radius 2 is 2.13 bits per heavy atom. The first-order valence-corrected chi connectivity index (χ1v) is 8.87. The number of ether oxygens (including phenoxy) is 2. The molecule has 0 N–H and O–H groups in total. The van der Waals surface area contributed by atoms with E-state index in [4.69, 9.17) is 9.47 Å². The largest absolute Gasteiger partial charge is 0.377 e. The van der Waals surface area contributed by atoms with E-state index in [1.165, 1.54) is 0 Å². The van der Waals surface area contributed by atoms with Crippen molar-refractivity contribution >= 4 is 11.8 Å². The maximum atomic E-state index is 12.6. The molecule has 0 aromatic carbocycles. The van der Waals surface area contributed by atoms with Crippen LogP contribution >= 0.6 is 0 Å². The number of rotatable bonds is 3. The summed E-state index contributed by atoms with van der Waals surface area (Å²) >= 11 is 0. The van der Waals surface area contributed by atoms with Crippen molar-refractivity contribution in [3.05, 3.63) is 0 Å². The van der Waals surface area contributed by atoms with E-state index in [9.17, 15) is 9.59 Å². The van der Waals surface area contributed by atoms with Crippen LogP contribution in [-0.2, 0) is 19.1 Å². The second-order valence-corrected chi connectivity index (χ2v) is 6.96. The average Bonchev–Trinajstić information content (AvgIpc) is 2.93. The number of hydrogen-bond donors (Lipinski definition) is 0. The van der Waals surface area contributed by atoms with Crippen LogP contribution in [0.1, 0.15) is 44.9 Å². The molecule has 0 unspecified atom stereocenters. The lowest BCUT2D eigenvalue weighted by Crippen LogP contribution is -2.58. The fourth-order valence-electron chi connectivity index (χ4n) is 4.10. The van der Waals surface area contributed by atoms with Crippen LogP contribution in [0.15, 0.2) is 0 Å². The predicted molar refractivity (Wildman–Crippen MR) is 85.0 cm³/mol. The third-order valence-corrected chi connectivity index (χ3v) is 5.55. The molecule has 3 aliphatic rings. The van der Waals surface area contributed by atoms with Crippen LogP contribution in [0.4, 0.5) is 0 Å². The van der Waals surface area contributed by atoms with Crippen LogP contribution in [0.3, 0.4) is 0 Å². The van der Waals surface area contributed by atoms with Crippen LogP contribution in [0.25, 0.3) is 0 Å². The Labute approximate surface area is 138 Å². The molecule has 0 radical (unpaired) electrons. The Bertz CT molecular complexity index is 448. The van der Waals surface area contributed by atoms with Crippen LogP contribution in [-0.4, -0.2) is 73.2 Å². The Morgan fingerprint density at radius 1 is 1.26 bits per heavy atom. The molecule has 2 amide bonds. The van der Waals surface area contributed by atoms with Gasteiger partial charge in [-0.05, 0) is 32.1 Å². The number of amides is 2. The number of nitrogens with zero attached hydrogens (tertiary/aromatic N) is 2. The third kappa shape index (κ3) is 3.53. The highest BCUT2D eigenvalue weighted by Crippen LogP contribution is 2.37. The fourth-order valence-corrected chi connectivity index (χ4v) is 4.10. The van der Waals surface area contributed by atoms with Gasteiger partial charge < -0.3 is 19.3 Å². The van der Waals surface area contributed by atoms with Crippen molar-refractivity contribution in [3.8, 4) is 0 Å². The zero-order valence-electron chi connectivity index (χ0n) is 14.1. The fraction of sp³-hybridized carbons (Fsp3) is 0.882. The van der Waals surface area contributed by atoms with Gasteiger partial charge in [-0.2, -0.15) is 0 Å². The standard InChI is InChI=1S/C17H28N2O4/c1-22-14-12-19(10-8-17(14)7-5-11-23-17)16(21)13-18-9-4-2-3-6-15(18)20/h14H,2-13H2,1H3/t14-,17-/m0/s1. The van der Waals surface area contributed by atoms with Gasteiger partial charge in [0, 0.05) is 39.8 Å². The van der Waals surface area contributed by atoms with Crippen molar-refractivity contribution in [3.63, 3.8) is 0 Å². The van der Waals surface area contributed by atoms with E-state index in [1.54, 1.807) is 12.0 Å². The number of methoxy groups -OCH3 is 1. The monoisotopic (exact) mass is 324 g/mol. The van der Waals surface area contributed by atoms with Gasteiger partial charge >= 0.3 is 0 Å². The zero-order valence-corrected chi connectivity index (χ0v) is 14.1. The lowest BCUT2D eigenvalue weighted by Gasteiger charge is -2.44. The molecule has 0 aromatic rings. The maximum absolute atomic E-state index is 12.6. The highest BCUT2D eigenvalue weighted by Gasteiger charge is 2.47. The average molecular weight is 324 g/mol. The maximum Gasteiger partial charge on any atom is 0.242 e. The molecule has 23 heavy (non-hydrogen) atoms. The molecule has 1 spiro atoms. The zero-order chi connectivity index (χ0) is 16.3. The summed E-state index contributed by atoms with van der Waals surface area (Å²) in [6.45, 7) is 2.97. The van der Waals surface area contributed by atoms with E-state index in [0.29, 0.717) is 26.1 Å². The Balaban J connectivity index is 1.59. The van der Waals surface area contributed by atoms with Crippen LogP contribution in [0, 0.1) is 0 Å². The Hall–Kier alpha value is -1.14. The molecule has 3 aliphatic heterocycles. The molecule has 6 heteroatoms. The van der Waals surface area contributed by atoms with Gasteiger partial charge in [0.25, 0.3) is 0 Å². The normalized spacial score (nSPS) is 32.4. The molecule has 3 saturated heterocycles. The van der Waals surface area contributed by atoms with Gasteiger partial charge in [0.1, 0.15) is 6.10 Å². The molecular weight excluding hydrogens is 296 g/mol. The van der Waals surface area contributed by atoms with Gasteiger partial charge in [0.2, 0.25) is 11.8 Å². The quantitative estimate of drug-likeness (QED) is 0.782. The minimum Gasteiger partial charge on any atom is -0.377 e. The Kier molecular flexibility index (Phi) is 5.21. The second-order valence-electron chi connectivity index (χ2n) is 6.96. The highest BCUT2D eigenvalue weighted by atomic mass is 16.5. The van der Waals surface area contributed by atoms with Crippen molar-refractivity contribution in [1.82, 2.24) is 9.80 Å². The lowest BCUT2D eigenvalue weighted by molar-refractivity contribution is -0.160. The molecule has 0 bridgehead atoms. The van der Waals surface area contributed by atoms with E-state index in [0.717, 1.165) is 45.1 Å². The molecule has 2 atom stereocenters. The summed E-state index contributed by atoms with van der Waals surface area (Å²) in [6.07, 6.45) is 6.42. The number of carbonyl (C=O) groups is 2. The van der Waals surface area contributed by atoms with Crippen molar-refractivity contribution in [1.29, 1.82) is 0 Å². The van der Waals surface area contributed by atoms with Crippen LogP contribution in [0.2, 0.25) is 0 Å². The first-order valence-electron chi connectivity index (χ1n) is 8.87. The van der Waals surface area contributed by atoms with E-state index in [-0.39, 0.29) is 30.1 Å². The molecule has 0 aliphatic carbocycles. The van der Waals surface area contributed by atoms with Crippen molar-refractivity contribution < 1.29 is 19.1 Å². The minimum absolute atomic E-state index is 0.0372. The molecule has 3 fully saturated rings. The topological polar surface area (TPSA) is 59.1 Å². The molecular formula is C17H28N2O4. The summed E-state index contributed by atoms with van der Waals surface area (Å²) in [7, 11) is 1.69. The first-order chi connectivity index (χ1) is 11.1. The molecule has 130 valence electrons. The smallest absolute Gasteiger partial charge is 0.242 e. The predicted octanol–water partition coefficient (Wildman–Crippen LogP) is 1.19. The molecule has 6 nitrogen and oxygen atoms in total. The molecule has 0 aromatic heterocycles. The molecule has 0 saturated carbocycles. The summed E-state index contributed by atoms with van der Waals surface area (Å²) in [5, 5.41) is 0. The highest BCUT2D eigenvalue weighted by molar-refractivity contribution is 5.85. The number of carbonyl (C=O) groups excluding carboxylic acids is 2. The van der Waals surface area contributed by atoms with Gasteiger partial charge in [-0.25, -0.2) is 0 Å². The molecule has 3 heterocycles. The van der Waals surface area contributed by atoms with E-state index >= 15 is 0 Å². The number of likely N-dealkylation sites (tertiary alicyclic amines) is 2. The van der Waals surface area contributed by atoms with Crippen molar-refractivity contribution in [2.75, 3.05) is 39.9 Å². The van der Waals surface area contributed by atoms with Crippen LogP contribution in [0.5, 0.6) is 0 Å². The van der Waals surface area contributed by atoms with Gasteiger partial charge in [-0.3, -0.25) is 9.59 Å². The summed E-state index contributed by atoms with van der Waals surface area (Å²) in [5.41, 5.74) is -0.204. The van der Waals surface area contributed by atoms with Crippen molar-refractivity contribution in [2.45, 2.75) is 56.7 Å². The van der Waals surface area contributed by atoms with Gasteiger partial charge in [0.15, 0.2) is 0 Å². The summed E-state index contributed by atoms with van der Waals surface area (Å²) in [6, 6.07) is 0. The van der Waals surface area contributed by atoms with E-state index in [2.05, 4.69) is 0 Å². The third-order valence-electron chi connectivity index (χ3n) is 5.55. The van der Waals surface area contributed by atoms with E-state index < -0.39 is 0 Å². The first kappa shape index (κ1) is 16.7. The van der Waals surface area contributed by atoms with Crippen LogP contribution < -0.4 is 0 Å². The number of piperidine rings is 1. The lowest BCUT2D eigenvalue weighted by atomic mass is 9.86. The number of hydrogen-bond acceptors (Lipinski definition) is 4. The second kappa shape index (κ2) is 7.18. The van der Waals surface area contributed by atoms with E-state index in [1.807, 2.05) is 4.90 Å². The SMILES string of the molecule is CO[C@H]1CN(C(=O)CN2CCCCCC2=O)CC[C@@]12CCCO2. The Morgan fingerprint density at radius 3 is 2.87 bits per heavy atom. The van der Waals surface area contributed by atoms with Gasteiger partial charge in [-0.1, -0.05) is 6.42 Å². The molecule has 3 rings (SSSR count). The van der Waals surface area contributed by atoms with Gasteiger partial charge in [0.05, 0.1) is 12.1 Å².